The molecule has 1 spiro atoms. The monoisotopic (exact) mass is 439 g/mol. The summed E-state index contributed by atoms with van der Waals surface area (Å²) >= 11 is 1.92. The van der Waals surface area contributed by atoms with Gasteiger partial charge in [0.05, 0.1) is 6.10 Å². The van der Waals surface area contributed by atoms with Crippen LogP contribution < -0.4 is 10.6 Å². The minimum Gasteiger partial charge on any atom is -0.377 e. The van der Waals surface area contributed by atoms with Crippen molar-refractivity contribution in [2.75, 3.05) is 32.2 Å². The van der Waals surface area contributed by atoms with Gasteiger partial charge in [0, 0.05) is 37.6 Å². The first-order valence-electron chi connectivity index (χ1n) is 8.39. The number of fused-ring (bicyclic) bond motifs is 2. The van der Waals surface area contributed by atoms with Crippen molar-refractivity contribution < 1.29 is 4.74 Å². The van der Waals surface area contributed by atoms with Crippen LogP contribution in [0.3, 0.4) is 0 Å². The van der Waals surface area contributed by atoms with Crippen LogP contribution in [0.15, 0.2) is 4.99 Å². The van der Waals surface area contributed by atoms with E-state index in [1.165, 1.54) is 44.3 Å². The second-order valence-electron chi connectivity index (χ2n) is 6.65. The number of unbranched alkanes of at least 4 members (excludes halogenated alkanes) is 1. The SMILES string of the molecule is CN=C(NCCCCSC)NC1C2CCOC2C12CCC2.I. The van der Waals surface area contributed by atoms with E-state index in [9.17, 15) is 0 Å². The van der Waals surface area contributed by atoms with E-state index in [1.807, 2.05) is 18.8 Å². The first kappa shape index (κ1) is 18.6. The quantitative estimate of drug-likeness (QED) is 0.289. The van der Waals surface area contributed by atoms with E-state index < -0.39 is 0 Å². The molecule has 2 aliphatic carbocycles. The largest absolute Gasteiger partial charge is 0.377 e. The molecule has 4 nitrogen and oxygen atoms in total. The third kappa shape index (κ3) is 3.38. The molecule has 0 bridgehead atoms. The van der Waals surface area contributed by atoms with Gasteiger partial charge in [0.15, 0.2) is 5.96 Å². The fourth-order valence-corrected chi connectivity index (χ4v) is 4.87. The molecule has 0 aromatic carbocycles. The van der Waals surface area contributed by atoms with E-state index >= 15 is 0 Å². The molecule has 128 valence electrons. The normalized spacial score (nSPS) is 31.7. The van der Waals surface area contributed by atoms with Gasteiger partial charge in [0.25, 0.3) is 0 Å². The average Bonchev–Trinajstić information content (AvgIpc) is 2.85. The van der Waals surface area contributed by atoms with Crippen LogP contribution in [0.25, 0.3) is 0 Å². The molecule has 22 heavy (non-hydrogen) atoms. The fourth-order valence-electron chi connectivity index (χ4n) is 4.38. The highest BCUT2D eigenvalue weighted by Crippen LogP contribution is 2.62. The molecule has 3 aliphatic rings. The molecule has 1 saturated heterocycles. The molecule has 3 atom stereocenters. The zero-order valence-corrected chi connectivity index (χ0v) is 16.9. The van der Waals surface area contributed by atoms with Crippen LogP contribution in [0.5, 0.6) is 0 Å². The Hall–Kier alpha value is 0.310. The summed E-state index contributed by atoms with van der Waals surface area (Å²) in [7, 11) is 1.88. The summed E-state index contributed by atoms with van der Waals surface area (Å²) in [4.78, 5) is 4.41. The zero-order valence-electron chi connectivity index (χ0n) is 13.8. The summed E-state index contributed by atoms with van der Waals surface area (Å²) in [5, 5.41) is 7.19. The minimum atomic E-state index is 0. The van der Waals surface area contributed by atoms with Crippen molar-refractivity contribution in [3.8, 4) is 0 Å². The van der Waals surface area contributed by atoms with Crippen LogP contribution in [0.2, 0.25) is 0 Å². The Balaban J connectivity index is 0.00000176. The summed E-state index contributed by atoms with van der Waals surface area (Å²) in [6.45, 7) is 1.97. The van der Waals surface area contributed by atoms with Crippen molar-refractivity contribution in [2.45, 2.75) is 50.7 Å². The lowest BCUT2D eigenvalue weighted by molar-refractivity contribution is -0.171. The number of rotatable bonds is 6. The van der Waals surface area contributed by atoms with Crippen LogP contribution >= 0.6 is 35.7 Å². The van der Waals surface area contributed by atoms with Crippen molar-refractivity contribution in [1.29, 1.82) is 0 Å². The topological polar surface area (TPSA) is 45.7 Å². The van der Waals surface area contributed by atoms with Crippen molar-refractivity contribution >= 4 is 41.7 Å². The molecule has 1 heterocycles. The predicted octanol–water partition coefficient (Wildman–Crippen LogP) is 2.87. The highest BCUT2D eigenvalue weighted by atomic mass is 127. The molecule has 0 amide bonds. The summed E-state index contributed by atoms with van der Waals surface area (Å²) in [6, 6.07) is 0.580. The van der Waals surface area contributed by atoms with E-state index in [0.29, 0.717) is 23.5 Å². The van der Waals surface area contributed by atoms with Gasteiger partial charge in [-0.2, -0.15) is 11.8 Å². The lowest BCUT2D eigenvalue weighted by atomic mass is 9.46. The molecule has 3 rings (SSSR count). The Morgan fingerprint density at radius 3 is 2.82 bits per heavy atom. The number of nitrogens with zero attached hydrogens (tertiary/aromatic N) is 1. The number of hydrogen-bond acceptors (Lipinski definition) is 3. The standard InChI is InChI=1S/C16H29N3OS.HI/c1-17-15(18-9-3-4-11-21-2)19-13-12-6-10-20-14(12)16(13)7-5-8-16;/h12-14H,3-11H2,1-2H3,(H2,17,18,19);1H. The molecule has 0 aromatic rings. The highest BCUT2D eigenvalue weighted by Gasteiger charge is 2.66. The second-order valence-corrected chi connectivity index (χ2v) is 7.64. The summed E-state index contributed by atoms with van der Waals surface area (Å²) in [5.41, 5.74) is 0.428. The van der Waals surface area contributed by atoms with Crippen LogP contribution in [0.1, 0.15) is 38.5 Å². The molecule has 6 heteroatoms. The Morgan fingerprint density at radius 2 is 2.18 bits per heavy atom. The first-order valence-corrected chi connectivity index (χ1v) is 9.79. The maximum Gasteiger partial charge on any atom is 0.191 e. The molecule has 0 aromatic heterocycles. The third-order valence-corrected chi connectivity index (χ3v) is 6.32. The van der Waals surface area contributed by atoms with E-state index in [4.69, 9.17) is 4.74 Å². The number of halogens is 1. The summed E-state index contributed by atoms with van der Waals surface area (Å²) in [5.74, 6) is 2.95. The van der Waals surface area contributed by atoms with E-state index in [-0.39, 0.29) is 24.0 Å². The summed E-state index contributed by atoms with van der Waals surface area (Å²) < 4.78 is 5.98. The molecule has 2 N–H and O–H groups in total. The average molecular weight is 439 g/mol. The molecule has 2 saturated carbocycles. The van der Waals surface area contributed by atoms with Crippen LogP contribution in [-0.2, 0) is 4.74 Å². The van der Waals surface area contributed by atoms with Gasteiger partial charge in [-0.1, -0.05) is 6.42 Å². The lowest BCUT2D eigenvalue weighted by Crippen LogP contribution is -2.72. The number of guanidine groups is 1. The second kappa shape index (κ2) is 8.42. The smallest absolute Gasteiger partial charge is 0.191 e. The third-order valence-electron chi connectivity index (χ3n) is 5.62. The number of ether oxygens (including phenoxy) is 1. The van der Waals surface area contributed by atoms with Gasteiger partial charge in [-0.05, 0) is 44.1 Å². The molecular weight excluding hydrogens is 409 g/mol. The van der Waals surface area contributed by atoms with Gasteiger partial charge >= 0.3 is 0 Å². The van der Waals surface area contributed by atoms with E-state index in [0.717, 1.165) is 19.1 Å². The Morgan fingerprint density at radius 1 is 1.36 bits per heavy atom. The zero-order chi connectivity index (χ0) is 14.7. The van der Waals surface area contributed by atoms with Crippen LogP contribution in [-0.4, -0.2) is 50.3 Å². The maximum absolute atomic E-state index is 5.98. The molecular formula is C16H30IN3OS. The molecule has 1 aliphatic heterocycles. The molecule has 0 radical (unpaired) electrons. The highest BCUT2D eigenvalue weighted by molar-refractivity contribution is 14.0. The lowest BCUT2D eigenvalue weighted by Gasteiger charge is -2.63. The first-order chi connectivity index (χ1) is 10.3. The van der Waals surface area contributed by atoms with Gasteiger partial charge in [0.2, 0.25) is 0 Å². The number of nitrogens with one attached hydrogen (secondary N) is 2. The molecule has 3 fully saturated rings. The Bertz CT molecular complexity index is 390. The number of hydrogen-bond donors (Lipinski definition) is 2. The van der Waals surface area contributed by atoms with Crippen LogP contribution in [0.4, 0.5) is 0 Å². The van der Waals surface area contributed by atoms with Crippen molar-refractivity contribution in [3.05, 3.63) is 0 Å². The maximum atomic E-state index is 5.98. The van der Waals surface area contributed by atoms with E-state index in [1.54, 1.807) is 0 Å². The van der Waals surface area contributed by atoms with Crippen molar-refractivity contribution in [2.24, 2.45) is 16.3 Å². The molecule has 3 unspecified atom stereocenters. The Kier molecular flexibility index (Phi) is 7.14. The van der Waals surface area contributed by atoms with Gasteiger partial charge < -0.3 is 15.4 Å². The van der Waals surface area contributed by atoms with E-state index in [2.05, 4.69) is 21.9 Å². The van der Waals surface area contributed by atoms with Gasteiger partial charge in [0.1, 0.15) is 0 Å². The predicted molar refractivity (Wildman–Crippen MR) is 105 cm³/mol. The van der Waals surface area contributed by atoms with Gasteiger partial charge in [-0.15, -0.1) is 24.0 Å². The fraction of sp³-hybridized carbons (Fsp3) is 0.938. The minimum absolute atomic E-state index is 0. The van der Waals surface area contributed by atoms with Gasteiger partial charge in [-0.25, -0.2) is 0 Å². The van der Waals surface area contributed by atoms with Gasteiger partial charge in [-0.3, -0.25) is 4.99 Å². The summed E-state index contributed by atoms with van der Waals surface area (Å²) in [6.07, 6.45) is 10.4. The van der Waals surface area contributed by atoms with Crippen LogP contribution in [0, 0.1) is 11.3 Å². The number of thioether (sulfide) groups is 1. The van der Waals surface area contributed by atoms with Crippen molar-refractivity contribution in [3.63, 3.8) is 0 Å². The van der Waals surface area contributed by atoms with Crippen molar-refractivity contribution in [1.82, 2.24) is 10.6 Å². The Labute approximate surface area is 156 Å². The number of aliphatic imine (C=N–C) groups is 1.